The van der Waals surface area contributed by atoms with Crippen molar-refractivity contribution in [3.63, 3.8) is 0 Å². The van der Waals surface area contributed by atoms with Gasteiger partial charge in [-0.3, -0.25) is 37.3 Å². The third kappa shape index (κ3) is 81.9. The molecule has 0 aliphatic rings. The van der Waals surface area contributed by atoms with Crippen LogP contribution in [-0.2, 0) is 65.4 Å². The summed E-state index contributed by atoms with van der Waals surface area (Å²) in [6.45, 7) is 7.35. The Labute approximate surface area is 658 Å². The van der Waals surface area contributed by atoms with E-state index in [1.54, 1.807) is 0 Å². The zero-order valence-electron chi connectivity index (χ0n) is 70.3. The van der Waals surface area contributed by atoms with E-state index in [4.69, 9.17) is 37.0 Å². The van der Waals surface area contributed by atoms with E-state index >= 15 is 0 Å². The largest absolute Gasteiger partial charge is 0.472 e. The Morgan fingerprint density at radius 3 is 0.636 bits per heavy atom. The number of phosphoric ester groups is 2. The summed E-state index contributed by atoms with van der Waals surface area (Å²) in [5.41, 5.74) is 0. The molecule has 0 aromatic heterocycles. The number of rotatable bonds is 88. The van der Waals surface area contributed by atoms with Gasteiger partial charge in [-0.25, -0.2) is 9.13 Å². The molecule has 0 spiro atoms. The van der Waals surface area contributed by atoms with Gasteiger partial charge in [0.15, 0.2) is 12.2 Å². The maximum absolute atomic E-state index is 13.2. The number of phosphoric acid groups is 2. The van der Waals surface area contributed by atoms with Gasteiger partial charge in [0.2, 0.25) is 0 Å². The average Bonchev–Trinajstić information content (AvgIpc) is 0.910. The predicted octanol–water partition coefficient (Wildman–Crippen LogP) is 27.2. The fourth-order valence-electron chi connectivity index (χ4n) is 13.8. The van der Waals surface area contributed by atoms with E-state index in [9.17, 15) is 43.2 Å². The van der Waals surface area contributed by atoms with Crippen molar-refractivity contribution < 1.29 is 80.2 Å². The van der Waals surface area contributed by atoms with E-state index in [-0.39, 0.29) is 25.7 Å². The lowest BCUT2D eigenvalue weighted by atomic mass is 10.0. The van der Waals surface area contributed by atoms with Crippen molar-refractivity contribution >= 4 is 39.5 Å². The third-order valence-corrected chi connectivity index (χ3v) is 22.7. The lowest BCUT2D eigenvalue weighted by Crippen LogP contribution is -2.30. The summed E-state index contributed by atoms with van der Waals surface area (Å²) >= 11 is 0. The van der Waals surface area contributed by atoms with Gasteiger partial charge in [-0.15, -0.1) is 0 Å². The molecule has 0 bridgehead atoms. The smallest absolute Gasteiger partial charge is 0.462 e. The van der Waals surface area contributed by atoms with Gasteiger partial charge in [-0.1, -0.05) is 426 Å². The molecule has 0 fully saturated rings. The van der Waals surface area contributed by atoms with Gasteiger partial charge in [0, 0.05) is 25.7 Å². The second kappa shape index (κ2) is 80.7. The number of carbonyl (C=O) groups is 4. The van der Waals surface area contributed by atoms with Crippen LogP contribution in [0, 0.1) is 5.92 Å². The first-order chi connectivity index (χ1) is 52.0. The number of hydrogen-bond acceptors (Lipinski definition) is 15. The van der Waals surface area contributed by atoms with Gasteiger partial charge in [-0.2, -0.15) is 0 Å². The summed E-state index contributed by atoms with van der Waals surface area (Å²) in [5, 5.41) is 10.7. The van der Waals surface area contributed by atoms with Gasteiger partial charge in [-0.05, 0) is 31.6 Å². The van der Waals surface area contributed by atoms with Crippen LogP contribution in [0.4, 0.5) is 0 Å². The minimum Gasteiger partial charge on any atom is -0.462 e. The van der Waals surface area contributed by atoms with E-state index in [2.05, 4.69) is 34.6 Å². The first-order valence-corrected chi connectivity index (χ1v) is 48.6. The average molecular weight is 1560 g/mol. The highest BCUT2D eigenvalue weighted by Crippen LogP contribution is 2.45. The molecule has 107 heavy (non-hydrogen) atoms. The van der Waals surface area contributed by atoms with Crippen LogP contribution >= 0.6 is 15.6 Å². The summed E-state index contributed by atoms with van der Waals surface area (Å²) in [4.78, 5) is 73.3. The Balaban J connectivity index is 5.24. The number of hydrogen-bond donors (Lipinski definition) is 3. The molecule has 0 saturated heterocycles. The number of carbonyl (C=O) groups excluding carboxylic acids is 4. The first kappa shape index (κ1) is 105. The van der Waals surface area contributed by atoms with Gasteiger partial charge < -0.3 is 33.8 Å². The van der Waals surface area contributed by atoms with Crippen LogP contribution in [0.15, 0.2) is 0 Å². The van der Waals surface area contributed by atoms with Crippen LogP contribution < -0.4 is 0 Å². The van der Waals surface area contributed by atoms with Crippen molar-refractivity contribution in [3.8, 4) is 0 Å². The molecule has 0 radical (unpaired) electrons. The monoisotopic (exact) mass is 1560 g/mol. The summed E-state index contributed by atoms with van der Waals surface area (Å²) in [5.74, 6) is -1.37. The first-order valence-electron chi connectivity index (χ1n) is 45.6. The minimum absolute atomic E-state index is 0.109. The predicted molar refractivity (Wildman–Crippen MR) is 442 cm³/mol. The lowest BCUT2D eigenvalue weighted by molar-refractivity contribution is -0.161. The zero-order chi connectivity index (χ0) is 78.3. The number of aliphatic hydroxyl groups excluding tert-OH is 1. The van der Waals surface area contributed by atoms with E-state index in [1.165, 1.54) is 302 Å². The second-order valence-corrected chi connectivity index (χ2v) is 35.0. The van der Waals surface area contributed by atoms with E-state index < -0.39 is 97.5 Å². The van der Waals surface area contributed by atoms with Crippen molar-refractivity contribution in [1.29, 1.82) is 0 Å². The number of unbranched alkanes of at least 4 members (excludes halogenated alkanes) is 60. The molecule has 636 valence electrons. The van der Waals surface area contributed by atoms with Crippen molar-refractivity contribution in [2.45, 2.75) is 496 Å². The fourth-order valence-corrected chi connectivity index (χ4v) is 15.4. The molecule has 0 aliphatic heterocycles. The highest BCUT2D eigenvalue weighted by molar-refractivity contribution is 7.47. The van der Waals surface area contributed by atoms with Gasteiger partial charge in [0.05, 0.1) is 26.4 Å². The molecule has 0 heterocycles. The molecule has 0 aliphatic carbocycles. The maximum Gasteiger partial charge on any atom is 0.472 e. The Kier molecular flexibility index (Phi) is 79.2. The van der Waals surface area contributed by atoms with Gasteiger partial charge in [0.25, 0.3) is 0 Å². The van der Waals surface area contributed by atoms with Crippen molar-refractivity contribution in [2.24, 2.45) is 5.92 Å². The summed E-state index contributed by atoms with van der Waals surface area (Å²) < 4.78 is 69.0. The molecule has 17 nitrogen and oxygen atoms in total. The van der Waals surface area contributed by atoms with Crippen molar-refractivity contribution in [1.82, 2.24) is 0 Å². The Bertz CT molecular complexity index is 2030. The van der Waals surface area contributed by atoms with E-state index in [0.717, 1.165) is 95.8 Å². The van der Waals surface area contributed by atoms with E-state index in [1.807, 2.05) is 0 Å². The summed E-state index contributed by atoms with van der Waals surface area (Å²) in [6, 6.07) is 0. The lowest BCUT2D eigenvalue weighted by Gasteiger charge is -2.21. The van der Waals surface area contributed by atoms with Crippen molar-refractivity contribution in [3.05, 3.63) is 0 Å². The maximum atomic E-state index is 13.2. The molecule has 3 N–H and O–H groups in total. The molecule has 0 rings (SSSR count). The summed E-state index contributed by atoms with van der Waals surface area (Å²) in [7, 11) is -9.93. The number of esters is 4. The topological polar surface area (TPSA) is 237 Å². The minimum atomic E-state index is -4.97. The quantitative estimate of drug-likeness (QED) is 0.0222. The molecule has 0 aromatic rings. The van der Waals surface area contributed by atoms with Crippen LogP contribution in [-0.4, -0.2) is 96.7 Å². The molecular weight excluding hydrogens is 1390 g/mol. The Morgan fingerprint density at radius 1 is 0.252 bits per heavy atom. The molecule has 0 saturated carbocycles. The Morgan fingerprint density at radius 2 is 0.430 bits per heavy atom. The molecular formula is C88H172O17P2. The fraction of sp³-hybridized carbons (Fsp3) is 0.955. The molecule has 0 aromatic carbocycles. The van der Waals surface area contributed by atoms with Crippen LogP contribution in [0.2, 0.25) is 0 Å². The Hall–Kier alpha value is -1.94. The number of ether oxygens (including phenoxy) is 4. The van der Waals surface area contributed by atoms with Crippen LogP contribution in [0.1, 0.15) is 478 Å². The van der Waals surface area contributed by atoms with Crippen LogP contribution in [0.25, 0.3) is 0 Å². The third-order valence-electron chi connectivity index (χ3n) is 20.8. The summed E-state index contributed by atoms with van der Waals surface area (Å²) in [6.07, 6.45) is 75.1. The van der Waals surface area contributed by atoms with Crippen molar-refractivity contribution in [2.75, 3.05) is 39.6 Å². The van der Waals surface area contributed by atoms with Gasteiger partial charge >= 0.3 is 39.5 Å². The molecule has 19 heteroatoms. The zero-order valence-corrected chi connectivity index (χ0v) is 72.1. The van der Waals surface area contributed by atoms with Gasteiger partial charge in [0.1, 0.15) is 19.3 Å². The second-order valence-electron chi connectivity index (χ2n) is 32.1. The van der Waals surface area contributed by atoms with E-state index in [0.29, 0.717) is 25.7 Å². The highest BCUT2D eigenvalue weighted by Gasteiger charge is 2.30. The highest BCUT2D eigenvalue weighted by atomic mass is 31.2. The van der Waals surface area contributed by atoms with Crippen LogP contribution in [0.5, 0.6) is 0 Å². The standard InChI is InChI=1S/C88H172O17P2/c1-6-9-12-15-18-21-24-27-30-33-36-39-41-44-47-50-56-61-66-71-85(90)98-77-83(104-87(92)73-69-64-59-52-49-46-43-40-37-34-31-28-25-22-19-16-13-10-7-2)79-102-106(94,95)100-75-82(89)76-101-107(96,97)103-80-84(78-99-86(91)72-67-62-57-54-53-55-60-65-70-81(4)5)105-88(93)74-68-63-58-51-48-45-42-38-35-32-29-26-23-20-17-14-11-8-3/h81-84,89H,6-80H2,1-5H3,(H,94,95)(H,96,97)/t82-,83-,84-/m1/s1. The molecule has 0 amide bonds. The molecule has 5 atom stereocenters. The molecule has 2 unspecified atom stereocenters. The SMILES string of the molecule is CCCCCCCCCCCCCCCCCCCCCC(=O)OC[C@H](COP(=O)(O)OC[C@@H](O)COP(=O)(O)OC[C@@H](COC(=O)CCCCCCCCCCC(C)C)OC(=O)CCCCCCCCCCCCCCCCCCCC)OC(=O)CCCCCCCCCCCCCCCCCCCCC. The number of aliphatic hydroxyl groups is 1. The van der Waals surface area contributed by atoms with Crippen LogP contribution in [0.3, 0.4) is 0 Å². The normalized spacial score (nSPS) is 13.7.